The normalized spacial score (nSPS) is 27.3. The largest absolute Gasteiger partial charge is 0.483 e. The van der Waals surface area contributed by atoms with Gasteiger partial charge in [0, 0.05) is 6.61 Å². The smallest absolute Gasteiger partial charge is 0.352 e. The van der Waals surface area contributed by atoms with Gasteiger partial charge in [0.15, 0.2) is 6.29 Å². The number of hydrogen-bond donors (Lipinski definition) is 3. The van der Waals surface area contributed by atoms with E-state index in [1.54, 1.807) is 0 Å². The summed E-state index contributed by atoms with van der Waals surface area (Å²) in [6, 6.07) is 0. The lowest BCUT2D eigenvalue weighted by Gasteiger charge is -2.24. The zero-order valence-electron chi connectivity index (χ0n) is 7.68. The first kappa shape index (κ1) is 13.3. The maximum absolute atomic E-state index is 11.0. The Bertz CT molecular complexity index is 291. The Kier molecular flexibility index (Phi) is 4.46. The Labute approximate surface area is 86.0 Å². The summed E-state index contributed by atoms with van der Waals surface area (Å²) in [5.74, 6) is 0. The van der Waals surface area contributed by atoms with Crippen molar-refractivity contribution in [3.05, 3.63) is 0 Å². The third-order valence-corrected chi connectivity index (χ3v) is 3.78. The van der Waals surface area contributed by atoms with Crippen LogP contribution in [0.15, 0.2) is 0 Å². The first-order valence-electron chi connectivity index (χ1n) is 4.18. The predicted octanol–water partition coefficient (Wildman–Crippen LogP) is 0.739. The molecule has 15 heavy (non-hydrogen) atoms. The highest BCUT2D eigenvalue weighted by Crippen LogP contribution is 2.58. The van der Waals surface area contributed by atoms with Gasteiger partial charge in [0.05, 0.1) is 0 Å². The minimum atomic E-state index is -5.05. The maximum atomic E-state index is 11.0. The molecule has 3 N–H and O–H groups in total. The second-order valence-corrected chi connectivity index (χ2v) is 5.72. The highest BCUT2D eigenvalue weighted by Gasteiger charge is 2.35. The SMILES string of the molecule is O=P(O)(O)OP(=O)(O)O[C@@H]1CCCCO1. The van der Waals surface area contributed by atoms with Gasteiger partial charge >= 0.3 is 15.6 Å². The van der Waals surface area contributed by atoms with E-state index in [0.717, 1.165) is 12.8 Å². The third kappa shape index (κ3) is 5.75. The van der Waals surface area contributed by atoms with Gasteiger partial charge in [-0.05, 0) is 19.3 Å². The van der Waals surface area contributed by atoms with Gasteiger partial charge in [-0.25, -0.2) is 9.13 Å². The van der Waals surface area contributed by atoms with Crippen molar-refractivity contribution in [2.45, 2.75) is 25.6 Å². The van der Waals surface area contributed by atoms with Gasteiger partial charge in [0.2, 0.25) is 0 Å². The second-order valence-electron chi connectivity index (χ2n) is 2.94. The van der Waals surface area contributed by atoms with E-state index >= 15 is 0 Å². The van der Waals surface area contributed by atoms with Crippen molar-refractivity contribution < 1.29 is 37.4 Å². The summed E-state index contributed by atoms with van der Waals surface area (Å²) in [6.45, 7) is 0.376. The molecule has 0 saturated carbocycles. The van der Waals surface area contributed by atoms with Crippen molar-refractivity contribution in [1.82, 2.24) is 0 Å². The van der Waals surface area contributed by atoms with Crippen molar-refractivity contribution in [2.75, 3.05) is 6.61 Å². The van der Waals surface area contributed by atoms with Crippen LogP contribution in [0.1, 0.15) is 19.3 Å². The minimum Gasteiger partial charge on any atom is -0.352 e. The van der Waals surface area contributed by atoms with Crippen molar-refractivity contribution in [2.24, 2.45) is 0 Å². The van der Waals surface area contributed by atoms with Crippen LogP contribution in [0.4, 0.5) is 0 Å². The Morgan fingerprint density at radius 3 is 2.33 bits per heavy atom. The molecule has 0 aromatic rings. The average molecular weight is 262 g/mol. The zero-order valence-corrected chi connectivity index (χ0v) is 9.47. The van der Waals surface area contributed by atoms with E-state index in [-0.39, 0.29) is 0 Å². The Morgan fingerprint density at radius 1 is 1.20 bits per heavy atom. The van der Waals surface area contributed by atoms with E-state index in [2.05, 4.69) is 8.83 Å². The van der Waals surface area contributed by atoms with Crippen molar-refractivity contribution in [3.8, 4) is 0 Å². The number of phosphoric acid groups is 2. The van der Waals surface area contributed by atoms with Crippen LogP contribution in [0.5, 0.6) is 0 Å². The van der Waals surface area contributed by atoms with Crippen molar-refractivity contribution >= 4 is 15.6 Å². The Morgan fingerprint density at radius 2 is 1.87 bits per heavy atom. The number of hydrogen-bond acceptors (Lipinski definition) is 5. The van der Waals surface area contributed by atoms with E-state index in [1.165, 1.54) is 0 Å². The van der Waals surface area contributed by atoms with Crippen LogP contribution in [-0.4, -0.2) is 27.6 Å². The number of phosphoric ester groups is 1. The monoisotopic (exact) mass is 262 g/mol. The predicted molar refractivity (Wildman–Crippen MR) is 47.6 cm³/mol. The summed E-state index contributed by atoms with van der Waals surface area (Å²) in [5.41, 5.74) is 0. The number of rotatable bonds is 4. The lowest BCUT2D eigenvalue weighted by atomic mass is 10.2. The van der Waals surface area contributed by atoms with Crippen LogP contribution >= 0.6 is 15.6 Å². The lowest BCUT2D eigenvalue weighted by molar-refractivity contribution is -0.115. The molecule has 0 radical (unpaired) electrons. The molecule has 8 nitrogen and oxygen atoms in total. The molecule has 0 bridgehead atoms. The molecule has 0 amide bonds. The Balaban J connectivity index is 2.47. The molecule has 1 fully saturated rings. The molecule has 0 aromatic heterocycles. The van der Waals surface area contributed by atoms with Crippen LogP contribution in [0, 0.1) is 0 Å². The first-order chi connectivity index (χ1) is 6.79. The van der Waals surface area contributed by atoms with Gasteiger partial charge in [-0.15, -0.1) is 0 Å². The maximum Gasteiger partial charge on any atom is 0.483 e. The second kappa shape index (κ2) is 5.03. The Hall–Kier alpha value is 0.220. The van der Waals surface area contributed by atoms with Crippen molar-refractivity contribution in [1.29, 1.82) is 0 Å². The molecule has 1 aliphatic rings. The molecule has 1 rings (SSSR count). The molecule has 10 heteroatoms. The average Bonchev–Trinajstić information content (AvgIpc) is 1.99. The highest BCUT2D eigenvalue weighted by atomic mass is 31.3. The topological polar surface area (TPSA) is 123 Å². The number of ether oxygens (including phenoxy) is 1. The van der Waals surface area contributed by atoms with Crippen LogP contribution in [0.2, 0.25) is 0 Å². The molecule has 0 aromatic carbocycles. The molecule has 1 heterocycles. The van der Waals surface area contributed by atoms with Crippen LogP contribution in [-0.2, 0) is 22.7 Å². The standard InChI is InChI=1S/C5H12O8P2/c6-14(7,8)13-15(9,10)12-5-3-1-2-4-11-5/h5H,1-4H2,(H,9,10)(H2,6,7,8)/t5-/m1/s1. The van der Waals surface area contributed by atoms with Gasteiger partial charge in [-0.3, -0.25) is 4.52 Å². The molecule has 0 spiro atoms. The molecule has 1 aliphatic heterocycles. The molecular weight excluding hydrogens is 250 g/mol. The first-order valence-corrected chi connectivity index (χ1v) is 7.21. The van der Waals surface area contributed by atoms with Crippen molar-refractivity contribution in [3.63, 3.8) is 0 Å². The summed E-state index contributed by atoms with van der Waals surface area (Å²) in [6.07, 6.45) is 0.992. The quantitative estimate of drug-likeness (QED) is 0.634. The fourth-order valence-corrected chi connectivity index (χ4v) is 2.79. The van der Waals surface area contributed by atoms with E-state index in [4.69, 9.17) is 19.4 Å². The van der Waals surface area contributed by atoms with E-state index < -0.39 is 21.9 Å². The fourth-order valence-electron chi connectivity index (χ4n) is 1.10. The van der Waals surface area contributed by atoms with Gasteiger partial charge in [0.1, 0.15) is 0 Å². The van der Waals surface area contributed by atoms with Gasteiger partial charge < -0.3 is 19.4 Å². The summed E-state index contributed by atoms with van der Waals surface area (Å²) in [5, 5.41) is 0. The summed E-state index contributed by atoms with van der Waals surface area (Å²) < 4.78 is 34.3. The lowest BCUT2D eigenvalue weighted by Crippen LogP contribution is -2.21. The fraction of sp³-hybridized carbons (Fsp3) is 1.00. The summed E-state index contributed by atoms with van der Waals surface area (Å²) in [7, 11) is -9.82. The van der Waals surface area contributed by atoms with Gasteiger partial charge in [0.25, 0.3) is 0 Å². The van der Waals surface area contributed by atoms with Crippen LogP contribution in [0.3, 0.4) is 0 Å². The molecule has 1 saturated heterocycles. The zero-order chi connectivity index (χ0) is 11.5. The summed E-state index contributed by atoms with van der Waals surface area (Å²) >= 11 is 0. The van der Waals surface area contributed by atoms with E-state index in [9.17, 15) is 9.13 Å². The highest BCUT2D eigenvalue weighted by molar-refractivity contribution is 7.60. The van der Waals surface area contributed by atoms with E-state index in [0.29, 0.717) is 13.0 Å². The van der Waals surface area contributed by atoms with Gasteiger partial charge in [-0.2, -0.15) is 4.31 Å². The van der Waals surface area contributed by atoms with Crippen LogP contribution in [0.25, 0.3) is 0 Å². The minimum absolute atomic E-state index is 0.376. The molecule has 0 aliphatic carbocycles. The molecule has 90 valence electrons. The third-order valence-electron chi connectivity index (χ3n) is 1.60. The summed E-state index contributed by atoms with van der Waals surface area (Å²) in [4.78, 5) is 25.6. The molecule has 2 atom stereocenters. The van der Waals surface area contributed by atoms with E-state index in [1.807, 2.05) is 0 Å². The molecular formula is C5H12O8P2. The molecule has 1 unspecified atom stereocenters. The van der Waals surface area contributed by atoms with Gasteiger partial charge in [-0.1, -0.05) is 0 Å². The van der Waals surface area contributed by atoms with Crippen LogP contribution < -0.4 is 0 Å².